The second-order valence-corrected chi connectivity index (χ2v) is 5.53. The fourth-order valence-corrected chi connectivity index (χ4v) is 2.30. The van der Waals surface area contributed by atoms with Crippen LogP contribution in [0.1, 0.15) is 17.2 Å². The molecule has 23 heavy (non-hydrogen) atoms. The molecule has 1 aromatic carbocycles. The summed E-state index contributed by atoms with van der Waals surface area (Å²) in [6.07, 6.45) is 1.26. The van der Waals surface area contributed by atoms with Gasteiger partial charge in [0.1, 0.15) is 5.75 Å². The summed E-state index contributed by atoms with van der Waals surface area (Å²) in [5.41, 5.74) is 1.36. The molecule has 0 saturated carbocycles. The van der Waals surface area contributed by atoms with E-state index in [0.717, 1.165) is 10.5 Å². The lowest BCUT2D eigenvalue weighted by molar-refractivity contribution is 0.0971. The second kappa shape index (κ2) is 7.80. The predicted octanol–water partition coefficient (Wildman–Crippen LogP) is 2.70. The van der Waals surface area contributed by atoms with Gasteiger partial charge in [0.05, 0.1) is 17.7 Å². The fraction of sp³-hybridized carbons (Fsp3) is 0.250. The van der Waals surface area contributed by atoms with Gasteiger partial charge in [-0.3, -0.25) is 4.98 Å². The van der Waals surface area contributed by atoms with Crippen molar-refractivity contribution in [2.75, 3.05) is 13.1 Å². The van der Waals surface area contributed by atoms with Crippen molar-refractivity contribution in [3.63, 3.8) is 0 Å². The minimum Gasteiger partial charge on any atom is -0.508 e. The van der Waals surface area contributed by atoms with Gasteiger partial charge >= 0.3 is 6.09 Å². The number of aromatic nitrogens is 1. The molecule has 0 bridgehead atoms. The minimum atomic E-state index is -1.11. The predicted molar refractivity (Wildman–Crippen MR) is 85.6 cm³/mol. The molecule has 0 saturated heterocycles. The Kier molecular flexibility index (Phi) is 5.78. The molecule has 122 valence electrons. The number of aliphatic hydroxyl groups is 1. The SMILES string of the molecule is O=C(O)N(CCc1ccc(O)cc1)C[C@H](O)c1cncc(Cl)c1. The van der Waals surface area contributed by atoms with Crippen molar-refractivity contribution in [3.8, 4) is 5.75 Å². The highest BCUT2D eigenvalue weighted by molar-refractivity contribution is 6.30. The van der Waals surface area contributed by atoms with Crippen molar-refractivity contribution >= 4 is 17.7 Å². The average molecular weight is 337 g/mol. The maximum Gasteiger partial charge on any atom is 0.407 e. The molecule has 1 amide bonds. The monoisotopic (exact) mass is 336 g/mol. The summed E-state index contributed by atoms with van der Waals surface area (Å²) in [5.74, 6) is 0.160. The van der Waals surface area contributed by atoms with Crippen LogP contribution in [0.4, 0.5) is 4.79 Å². The molecule has 3 N–H and O–H groups in total. The molecule has 0 unspecified atom stereocenters. The van der Waals surface area contributed by atoms with E-state index < -0.39 is 12.2 Å². The number of carbonyl (C=O) groups is 1. The Hall–Kier alpha value is -2.31. The molecular formula is C16H17ClN2O4. The third-order valence-corrected chi connectivity index (χ3v) is 3.59. The standard InChI is InChI=1S/C16H17ClN2O4/c17-13-7-12(8-18-9-13)15(21)10-19(16(22)23)6-5-11-1-3-14(20)4-2-11/h1-4,7-9,15,20-21H,5-6,10H2,(H,22,23)/t15-/m0/s1. The molecule has 0 spiro atoms. The largest absolute Gasteiger partial charge is 0.508 e. The van der Waals surface area contributed by atoms with Crippen LogP contribution in [0, 0.1) is 0 Å². The van der Waals surface area contributed by atoms with Gasteiger partial charge in [0.15, 0.2) is 0 Å². The number of halogens is 1. The summed E-state index contributed by atoms with van der Waals surface area (Å²) >= 11 is 5.82. The lowest BCUT2D eigenvalue weighted by Gasteiger charge is -2.22. The fourth-order valence-electron chi connectivity index (χ4n) is 2.12. The number of nitrogens with zero attached hydrogens (tertiary/aromatic N) is 2. The van der Waals surface area contributed by atoms with E-state index in [1.807, 2.05) is 0 Å². The number of phenols is 1. The number of aromatic hydroxyl groups is 1. The van der Waals surface area contributed by atoms with Crippen LogP contribution in [0.3, 0.4) is 0 Å². The third-order valence-electron chi connectivity index (χ3n) is 3.38. The molecule has 0 fully saturated rings. The van der Waals surface area contributed by atoms with Crippen LogP contribution >= 0.6 is 11.6 Å². The van der Waals surface area contributed by atoms with Crippen LogP contribution in [-0.2, 0) is 6.42 Å². The summed E-state index contributed by atoms with van der Waals surface area (Å²) in [4.78, 5) is 16.4. The number of aliphatic hydroxyl groups excluding tert-OH is 1. The normalized spacial score (nSPS) is 11.9. The first-order valence-corrected chi connectivity index (χ1v) is 7.38. The molecule has 1 aromatic heterocycles. The third kappa shape index (κ3) is 5.12. The zero-order valence-corrected chi connectivity index (χ0v) is 13.0. The first kappa shape index (κ1) is 17.1. The number of rotatable bonds is 6. The van der Waals surface area contributed by atoms with Crippen LogP contribution in [0.5, 0.6) is 5.75 Å². The van der Waals surface area contributed by atoms with Gasteiger partial charge in [0.25, 0.3) is 0 Å². The minimum absolute atomic E-state index is 0.0740. The number of carboxylic acid groups (broad SMARTS) is 1. The van der Waals surface area contributed by atoms with Crippen LogP contribution in [0.2, 0.25) is 5.02 Å². The smallest absolute Gasteiger partial charge is 0.407 e. The molecule has 0 aliphatic rings. The first-order valence-electron chi connectivity index (χ1n) is 7.00. The molecule has 1 atom stereocenters. The first-order chi connectivity index (χ1) is 11.0. The lowest BCUT2D eigenvalue weighted by Crippen LogP contribution is -2.35. The van der Waals surface area contributed by atoms with Gasteiger partial charge in [-0.05, 0) is 30.2 Å². The van der Waals surface area contributed by atoms with E-state index in [1.54, 1.807) is 30.3 Å². The summed E-state index contributed by atoms with van der Waals surface area (Å²) in [6, 6.07) is 8.11. The number of hydrogen-bond donors (Lipinski definition) is 3. The quantitative estimate of drug-likeness (QED) is 0.754. The van der Waals surface area contributed by atoms with E-state index >= 15 is 0 Å². The highest BCUT2D eigenvalue weighted by Crippen LogP contribution is 2.18. The van der Waals surface area contributed by atoms with E-state index in [4.69, 9.17) is 11.6 Å². The lowest BCUT2D eigenvalue weighted by atomic mass is 10.1. The van der Waals surface area contributed by atoms with Gasteiger partial charge in [-0.15, -0.1) is 0 Å². The number of hydrogen-bond acceptors (Lipinski definition) is 4. The van der Waals surface area contributed by atoms with Gasteiger partial charge in [0.2, 0.25) is 0 Å². The molecule has 2 rings (SSSR count). The van der Waals surface area contributed by atoms with Crippen LogP contribution in [0.25, 0.3) is 0 Å². The van der Waals surface area contributed by atoms with E-state index in [9.17, 15) is 20.1 Å². The van der Waals surface area contributed by atoms with Crippen molar-refractivity contribution in [1.29, 1.82) is 0 Å². The summed E-state index contributed by atoms with van der Waals surface area (Å²) in [6.45, 7) is 0.153. The maximum absolute atomic E-state index is 11.3. The van der Waals surface area contributed by atoms with Gasteiger partial charge in [-0.2, -0.15) is 0 Å². The summed E-state index contributed by atoms with van der Waals surface area (Å²) < 4.78 is 0. The number of pyridine rings is 1. The molecule has 7 heteroatoms. The molecule has 0 aliphatic heterocycles. The van der Waals surface area contributed by atoms with Gasteiger partial charge in [-0.1, -0.05) is 23.7 Å². The Morgan fingerprint density at radius 3 is 2.57 bits per heavy atom. The Labute approximate surface area is 138 Å². The summed E-state index contributed by atoms with van der Waals surface area (Å²) in [7, 11) is 0. The molecule has 2 aromatic rings. The number of amides is 1. The molecular weight excluding hydrogens is 320 g/mol. The van der Waals surface area contributed by atoms with E-state index in [-0.39, 0.29) is 18.8 Å². The van der Waals surface area contributed by atoms with Crippen LogP contribution < -0.4 is 0 Å². The molecule has 6 nitrogen and oxygen atoms in total. The molecule has 1 heterocycles. The number of phenolic OH excluding ortho intramolecular Hbond substituents is 1. The second-order valence-electron chi connectivity index (χ2n) is 5.10. The zero-order valence-electron chi connectivity index (χ0n) is 12.3. The van der Waals surface area contributed by atoms with Gasteiger partial charge in [0, 0.05) is 24.5 Å². The number of benzene rings is 1. The van der Waals surface area contributed by atoms with Gasteiger partial charge in [-0.25, -0.2) is 4.79 Å². The highest BCUT2D eigenvalue weighted by Gasteiger charge is 2.18. The van der Waals surface area contributed by atoms with Crippen molar-refractivity contribution in [3.05, 3.63) is 58.9 Å². The van der Waals surface area contributed by atoms with Crippen LogP contribution in [-0.4, -0.2) is 44.4 Å². The van der Waals surface area contributed by atoms with Crippen LogP contribution in [0.15, 0.2) is 42.7 Å². The van der Waals surface area contributed by atoms with E-state index in [1.165, 1.54) is 12.4 Å². The van der Waals surface area contributed by atoms with Crippen molar-refractivity contribution < 1.29 is 20.1 Å². The van der Waals surface area contributed by atoms with Crippen molar-refractivity contribution in [2.24, 2.45) is 0 Å². The Morgan fingerprint density at radius 2 is 1.96 bits per heavy atom. The topological polar surface area (TPSA) is 93.9 Å². The molecule has 0 aliphatic carbocycles. The zero-order chi connectivity index (χ0) is 16.8. The van der Waals surface area contributed by atoms with Gasteiger partial charge < -0.3 is 20.2 Å². The Balaban J connectivity index is 1.98. The molecule has 0 radical (unpaired) electrons. The maximum atomic E-state index is 11.3. The Morgan fingerprint density at radius 1 is 1.26 bits per heavy atom. The summed E-state index contributed by atoms with van der Waals surface area (Å²) in [5, 5.41) is 29.1. The highest BCUT2D eigenvalue weighted by atomic mass is 35.5. The Bertz CT molecular complexity index is 663. The van der Waals surface area contributed by atoms with E-state index in [2.05, 4.69) is 4.98 Å². The average Bonchev–Trinajstić information content (AvgIpc) is 2.52. The van der Waals surface area contributed by atoms with E-state index in [0.29, 0.717) is 17.0 Å². The van der Waals surface area contributed by atoms with Crippen molar-refractivity contribution in [1.82, 2.24) is 9.88 Å². The van der Waals surface area contributed by atoms with Crippen molar-refractivity contribution in [2.45, 2.75) is 12.5 Å².